The monoisotopic (exact) mass is 471 g/mol. The van der Waals surface area contributed by atoms with Gasteiger partial charge in [-0.25, -0.2) is 9.37 Å². The number of thiophene rings is 1. The number of H-pyrrole nitrogens is 1. The van der Waals surface area contributed by atoms with Gasteiger partial charge in [0.2, 0.25) is 5.91 Å². The van der Waals surface area contributed by atoms with E-state index in [0.717, 1.165) is 60.7 Å². The lowest BCUT2D eigenvalue weighted by Crippen LogP contribution is -2.39. The Morgan fingerprint density at radius 2 is 1.97 bits per heavy atom. The van der Waals surface area contributed by atoms with Crippen LogP contribution < -0.4 is 10.9 Å². The Hall–Kier alpha value is -2.19. The number of halogens is 1. The molecular weight excluding hydrogens is 445 g/mol. The Labute approximate surface area is 194 Å². The molecular formula is C24H26FN3O2S2. The zero-order valence-electron chi connectivity index (χ0n) is 17.8. The van der Waals surface area contributed by atoms with Crippen molar-refractivity contribution in [2.45, 2.75) is 56.1 Å². The maximum Gasteiger partial charge on any atom is 0.259 e. The summed E-state index contributed by atoms with van der Waals surface area (Å²) in [6.07, 6.45) is 7.37. The van der Waals surface area contributed by atoms with E-state index in [9.17, 15) is 14.0 Å². The second-order valence-corrected chi connectivity index (χ2v) is 10.9. The standard InChI is InChI=1S/C24H26FN3O2S2/c25-16-8-6-15(7-9-16)24(10-1-2-11-24)14-26-20(29)13-31-12-19-27-22(30)21-17-4-3-5-18(17)32-23(21)28-19/h6-9H,1-5,10-14H2,(H,26,29)(H,27,28,30). The number of carbonyl (C=O) groups excluding carboxylic acids is 1. The smallest absolute Gasteiger partial charge is 0.259 e. The van der Waals surface area contributed by atoms with Crippen LogP contribution in [0, 0.1) is 5.82 Å². The van der Waals surface area contributed by atoms with Gasteiger partial charge in [0.05, 0.1) is 16.9 Å². The molecule has 2 N–H and O–H groups in total. The largest absolute Gasteiger partial charge is 0.354 e. The number of aromatic nitrogens is 2. The molecule has 0 saturated heterocycles. The predicted octanol–water partition coefficient (Wildman–Crippen LogP) is 4.47. The zero-order valence-corrected chi connectivity index (χ0v) is 19.5. The molecule has 0 unspecified atom stereocenters. The molecule has 1 fully saturated rings. The fourth-order valence-corrected chi connectivity index (χ4v) is 7.10. The van der Waals surface area contributed by atoms with Crippen molar-refractivity contribution in [3.05, 3.63) is 62.3 Å². The SMILES string of the molecule is O=C(CSCc1nc2sc3c(c2c(=O)[nH]1)CCC3)NCC1(c2ccc(F)cc2)CCCC1. The van der Waals surface area contributed by atoms with E-state index in [1.165, 1.54) is 34.3 Å². The molecule has 0 spiro atoms. The minimum Gasteiger partial charge on any atom is -0.354 e. The van der Waals surface area contributed by atoms with Gasteiger partial charge in [-0.2, -0.15) is 0 Å². The number of hydrogen-bond acceptors (Lipinski definition) is 5. The number of rotatable bonds is 7. The maximum atomic E-state index is 13.3. The minimum atomic E-state index is -0.237. The van der Waals surface area contributed by atoms with Gasteiger partial charge in [-0.3, -0.25) is 9.59 Å². The van der Waals surface area contributed by atoms with Crippen LogP contribution in [0.15, 0.2) is 29.1 Å². The number of amides is 1. The quantitative estimate of drug-likeness (QED) is 0.533. The van der Waals surface area contributed by atoms with Crippen LogP contribution in [-0.2, 0) is 28.8 Å². The lowest BCUT2D eigenvalue weighted by molar-refractivity contribution is -0.118. The fraction of sp³-hybridized carbons (Fsp3) is 0.458. The number of aromatic amines is 1. The zero-order chi connectivity index (χ0) is 22.1. The van der Waals surface area contributed by atoms with Crippen molar-refractivity contribution in [2.75, 3.05) is 12.3 Å². The van der Waals surface area contributed by atoms with Crippen molar-refractivity contribution in [2.24, 2.45) is 0 Å². The molecule has 0 aliphatic heterocycles. The average Bonchev–Trinajstić information content (AvgIpc) is 3.49. The Morgan fingerprint density at radius 3 is 2.75 bits per heavy atom. The summed E-state index contributed by atoms with van der Waals surface area (Å²) in [6.45, 7) is 0.569. The van der Waals surface area contributed by atoms with Gasteiger partial charge in [0.15, 0.2) is 0 Å². The molecule has 5 nitrogen and oxygen atoms in total. The number of thioether (sulfide) groups is 1. The van der Waals surface area contributed by atoms with E-state index in [1.54, 1.807) is 11.3 Å². The maximum absolute atomic E-state index is 13.3. The number of carbonyl (C=O) groups is 1. The van der Waals surface area contributed by atoms with Crippen LogP contribution in [0.2, 0.25) is 0 Å². The summed E-state index contributed by atoms with van der Waals surface area (Å²) < 4.78 is 13.3. The first-order valence-electron chi connectivity index (χ1n) is 11.2. The van der Waals surface area contributed by atoms with Gasteiger partial charge in [0, 0.05) is 16.8 Å². The molecule has 1 amide bonds. The third-order valence-electron chi connectivity index (χ3n) is 6.74. The molecule has 1 aromatic carbocycles. The van der Waals surface area contributed by atoms with Crippen molar-refractivity contribution < 1.29 is 9.18 Å². The molecule has 2 aromatic heterocycles. The average molecular weight is 472 g/mol. The minimum absolute atomic E-state index is 0.0260. The second-order valence-electron chi connectivity index (χ2n) is 8.81. The molecule has 0 atom stereocenters. The second kappa shape index (κ2) is 8.98. The molecule has 3 aromatic rings. The summed E-state index contributed by atoms with van der Waals surface area (Å²) in [5.74, 6) is 1.16. The Bertz CT molecular complexity index is 1200. The van der Waals surface area contributed by atoms with Crippen molar-refractivity contribution in [1.29, 1.82) is 0 Å². The summed E-state index contributed by atoms with van der Waals surface area (Å²) in [4.78, 5) is 34.7. The lowest BCUT2D eigenvalue weighted by Gasteiger charge is -2.30. The van der Waals surface area contributed by atoms with Crippen LogP contribution in [0.25, 0.3) is 10.2 Å². The summed E-state index contributed by atoms with van der Waals surface area (Å²) in [5.41, 5.74) is 2.12. The molecule has 8 heteroatoms. The van der Waals surface area contributed by atoms with Crippen LogP contribution >= 0.6 is 23.1 Å². The van der Waals surface area contributed by atoms with E-state index >= 15 is 0 Å². The topological polar surface area (TPSA) is 74.8 Å². The normalized spacial score (nSPS) is 17.0. The highest BCUT2D eigenvalue weighted by Gasteiger charge is 2.35. The van der Waals surface area contributed by atoms with Crippen LogP contribution in [0.5, 0.6) is 0 Å². The number of nitrogens with one attached hydrogen (secondary N) is 2. The van der Waals surface area contributed by atoms with Gasteiger partial charge < -0.3 is 10.3 Å². The van der Waals surface area contributed by atoms with Gasteiger partial charge in [-0.05, 0) is 55.4 Å². The fourth-order valence-electron chi connectivity index (χ4n) is 5.10. The van der Waals surface area contributed by atoms with E-state index in [4.69, 9.17) is 0 Å². The molecule has 0 bridgehead atoms. The highest BCUT2D eigenvalue weighted by molar-refractivity contribution is 7.99. The highest BCUT2D eigenvalue weighted by Crippen LogP contribution is 2.40. The molecule has 32 heavy (non-hydrogen) atoms. The third-order valence-corrected chi connectivity index (χ3v) is 8.87. The molecule has 1 saturated carbocycles. The van der Waals surface area contributed by atoms with E-state index < -0.39 is 0 Å². The third kappa shape index (κ3) is 4.22. The van der Waals surface area contributed by atoms with Gasteiger partial charge in [-0.15, -0.1) is 23.1 Å². The van der Waals surface area contributed by atoms with E-state index in [1.807, 2.05) is 12.1 Å². The van der Waals surface area contributed by atoms with Crippen LogP contribution in [0.3, 0.4) is 0 Å². The molecule has 5 rings (SSSR count). The van der Waals surface area contributed by atoms with E-state index in [-0.39, 0.29) is 22.7 Å². The highest BCUT2D eigenvalue weighted by atomic mass is 32.2. The van der Waals surface area contributed by atoms with Crippen molar-refractivity contribution in [3.63, 3.8) is 0 Å². The van der Waals surface area contributed by atoms with Gasteiger partial charge in [0.25, 0.3) is 5.56 Å². The van der Waals surface area contributed by atoms with Gasteiger partial charge >= 0.3 is 0 Å². The Kier molecular flexibility index (Phi) is 6.07. The van der Waals surface area contributed by atoms with E-state index in [0.29, 0.717) is 23.9 Å². The summed E-state index contributed by atoms with van der Waals surface area (Å²) in [5, 5.41) is 3.85. The molecule has 168 valence electrons. The number of nitrogens with zero attached hydrogens (tertiary/aromatic N) is 1. The van der Waals surface area contributed by atoms with Crippen LogP contribution in [-0.4, -0.2) is 28.2 Å². The van der Waals surface area contributed by atoms with Crippen LogP contribution in [0.1, 0.15) is 53.9 Å². The number of fused-ring (bicyclic) bond motifs is 3. The first-order chi connectivity index (χ1) is 15.5. The van der Waals surface area contributed by atoms with Crippen molar-refractivity contribution >= 4 is 39.2 Å². The number of hydrogen-bond donors (Lipinski definition) is 2. The predicted molar refractivity (Wildman–Crippen MR) is 128 cm³/mol. The Balaban J connectivity index is 1.17. The molecule has 0 radical (unpaired) electrons. The van der Waals surface area contributed by atoms with Crippen LogP contribution in [0.4, 0.5) is 4.39 Å². The van der Waals surface area contributed by atoms with Gasteiger partial charge in [-0.1, -0.05) is 25.0 Å². The molecule has 2 aliphatic carbocycles. The first-order valence-corrected chi connectivity index (χ1v) is 13.2. The molecule has 2 heterocycles. The summed E-state index contributed by atoms with van der Waals surface area (Å²) in [6, 6.07) is 6.69. The lowest BCUT2D eigenvalue weighted by atomic mass is 9.79. The van der Waals surface area contributed by atoms with E-state index in [2.05, 4.69) is 15.3 Å². The van der Waals surface area contributed by atoms with Crippen molar-refractivity contribution in [1.82, 2.24) is 15.3 Å². The summed E-state index contributed by atoms with van der Waals surface area (Å²) in [7, 11) is 0. The van der Waals surface area contributed by atoms with Gasteiger partial charge in [0.1, 0.15) is 16.5 Å². The Morgan fingerprint density at radius 1 is 1.19 bits per heavy atom. The molecule has 2 aliphatic rings. The first kappa shape index (κ1) is 21.6. The van der Waals surface area contributed by atoms with Crippen molar-refractivity contribution in [3.8, 4) is 0 Å². The number of aryl methyl sites for hydroxylation is 2. The summed E-state index contributed by atoms with van der Waals surface area (Å²) >= 11 is 3.08. The number of benzene rings is 1.